The molecule has 0 radical (unpaired) electrons. The van der Waals surface area contributed by atoms with E-state index in [2.05, 4.69) is 22.5 Å². The third-order valence-electron chi connectivity index (χ3n) is 5.32. The monoisotopic (exact) mass is 408 g/mol. The maximum Gasteiger partial charge on any atom is 0.251 e. The zero-order valence-corrected chi connectivity index (χ0v) is 16.9. The molecule has 1 fully saturated rings. The van der Waals surface area contributed by atoms with Crippen molar-refractivity contribution in [2.45, 2.75) is 44.7 Å². The Labute approximate surface area is 168 Å². The fourth-order valence-corrected chi connectivity index (χ4v) is 5.07. The molecule has 0 aromatic carbocycles. The highest BCUT2D eigenvalue weighted by molar-refractivity contribution is 7.09. The fourth-order valence-electron chi connectivity index (χ4n) is 4.17. The standard InChI is InChI=1S/C19H24N4O2S.ClH/c1-2-4-16-22-14(11-26-16)10-21-19(25)18-13-7-12(8-20-9-13)15-5-3-6-17(24)23(15)18;/h3,5-6,11-13,18,20H,2,4,7-10H2,1H3,(H,21,25);1H/t12-,13+,18-;/m1./s1. The molecular formula is C19H25ClN4O2S. The molecule has 146 valence electrons. The van der Waals surface area contributed by atoms with Gasteiger partial charge in [0.05, 0.1) is 17.2 Å². The Balaban J connectivity index is 0.00000210. The van der Waals surface area contributed by atoms with Crippen molar-refractivity contribution >= 4 is 29.7 Å². The van der Waals surface area contributed by atoms with Gasteiger partial charge in [0.1, 0.15) is 6.04 Å². The van der Waals surface area contributed by atoms with Gasteiger partial charge in [-0.1, -0.05) is 13.0 Å². The van der Waals surface area contributed by atoms with Crippen LogP contribution in [0.2, 0.25) is 0 Å². The second-order valence-corrected chi connectivity index (χ2v) is 8.10. The molecule has 6 nitrogen and oxygen atoms in total. The largest absolute Gasteiger partial charge is 0.349 e. The summed E-state index contributed by atoms with van der Waals surface area (Å²) in [5.41, 5.74) is 1.78. The predicted octanol–water partition coefficient (Wildman–Crippen LogP) is 2.24. The Morgan fingerprint density at radius 2 is 2.26 bits per heavy atom. The lowest BCUT2D eigenvalue weighted by Crippen LogP contribution is -2.52. The third-order valence-corrected chi connectivity index (χ3v) is 6.28. The van der Waals surface area contributed by atoms with Crippen molar-refractivity contribution in [2.75, 3.05) is 13.1 Å². The number of hydrogen-bond donors (Lipinski definition) is 2. The Kier molecular flexibility index (Phi) is 6.34. The molecule has 4 heterocycles. The van der Waals surface area contributed by atoms with Crippen molar-refractivity contribution < 1.29 is 4.79 Å². The number of pyridine rings is 1. The first-order valence-electron chi connectivity index (χ1n) is 9.30. The number of thiazole rings is 1. The minimum atomic E-state index is -0.448. The number of hydrogen-bond acceptors (Lipinski definition) is 5. The van der Waals surface area contributed by atoms with E-state index in [1.165, 1.54) is 0 Å². The molecule has 0 unspecified atom stereocenters. The Morgan fingerprint density at radius 1 is 1.41 bits per heavy atom. The number of nitrogens with one attached hydrogen (secondary N) is 2. The van der Waals surface area contributed by atoms with E-state index in [1.807, 2.05) is 11.4 Å². The van der Waals surface area contributed by atoms with E-state index < -0.39 is 6.04 Å². The van der Waals surface area contributed by atoms with Crippen LogP contribution in [0.1, 0.15) is 48.1 Å². The number of piperidine rings is 1. The molecule has 2 aliphatic rings. The summed E-state index contributed by atoms with van der Waals surface area (Å²) in [6.07, 6.45) is 2.99. The van der Waals surface area contributed by atoms with Crippen LogP contribution in [0, 0.1) is 5.92 Å². The van der Waals surface area contributed by atoms with Crippen LogP contribution < -0.4 is 16.2 Å². The van der Waals surface area contributed by atoms with Gasteiger partial charge in [0, 0.05) is 42.1 Å². The molecule has 0 spiro atoms. The highest BCUT2D eigenvalue weighted by Crippen LogP contribution is 2.38. The van der Waals surface area contributed by atoms with Crippen molar-refractivity contribution in [1.82, 2.24) is 20.2 Å². The van der Waals surface area contributed by atoms with E-state index in [4.69, 9.17) is 0 Å². The summed E-state index contributed by atoms with van der Waals surface area (Å²) < 4.78 is 1.72. The van der Waals surface area contributed by atoms with E-state index in [1.54, 1.807) is 28.0 Å². The Bertz CT molecular complexity index is 865. The molecule has 8 heteroatoms. The van der Waals surface area contributed by atoms with E-state index in [-0.39, 0.29) is 29.8 Å². The van der Waals surface area contributed by atoms with E-state index in [0.717, 1.165) is 48.7 Å². The Morgan fingerprint density at radius 3 is 3.07 bits per heavy atom. The summed E-state index contributed by atoms with van der Waals surface area (Å²) in [5, 5.41) is 9.54. The number of amides is 1. The summed E-state index contributed by atoms with van der Waals surface area (Å²) in [7, 11) is 0. The first-order valence-corrected chi connectivity index (χ1v) is 10.2. The van der Waals surface area contributed by atoms with Gasteiger partial charge in [-0.3, -0.25) is 14.2 Å². The summed E-state index contributed by atoms with van der Waals surface area (Å²) in [4.78, 5) is 30.1. The molecule has 2 aliphatic heterocycles. The maximum atomic E-state index is 13.0. The maximum absolute atomic E-state index is 13.0. The molecular weight excluding hydrogens is 384 g/mol. The van der Waals surface area contributed by atoms with Crippen molar-refractivity contribution in [3.8, 4) is 0 Å². The SMILES string of the molecule is CCCc1nc(CNC(=O)[C@H]2[C@@H]3CNC[C@@H](C3)c3cccc(=O)n32)cs1.Cl. The van der Waals surface area contributed by atoms with Crippen LogP contribution in [0.5, 0.6) is 0 Å². The molecule has 1 amide bonds. The molecule has 27 heavy (non-hydrogen) atoms. The minimum Gasteiger partial charge on any atom is -0.349 e. The summed E-state index contributed by atoms with van der Waals surface area (Å²) in [6, 6.07) is 4.88. The fraction of sp³-hybridized carbons (Fsp3) is 0.526. The van der Waals surface area contributed by atoms with Gasteiger partial charge < -0.3 is 10.6 Å². The van der Waals surface area contributed by atoms with E-state index >= 15 is 0 Å². The van der Waals surface area contributed by atoms with Crippen molar-refractivity contribution in [2.24, 2.45) is 5.92 Å². The predicted molar refractivity (Wildman–Crippen MR) is 109 cm³/mol. The molecule has 3 atom stereocenters. The Hall–Kier alpha value is -1.70. The quantitative estimate of drug-likeness (QED) is 0.795. The lowest BCUT2D eigenvalue weighted by molar-refractivity contribution is -0.127. The van der Waals surface area contributed by atoms with Crippen LogP contribution in [0.4, 0.5) is 0 Å². The number of halogens is 1. The molecule has 1 saturated heterocycles. The van der Waals surface area contributed by atoms with Crippen LogP contribution in [0.15, 0.2) is 28.4 Å². The van der Waals surface area contributed by atoms with E-state index in [0.29, 0.717) is 12.5 Å². The first kappa shape index (κ1) is 20.0. The lowest BCUT2D eigenvalue weighted by atomic mass is 9.79. The number of rotatable bonds is 5. The number of carbonyl (C=O) groups is 1. The second kappa shape index (κ2) is 8.54. The van der Waals surface area contributed by atoms with Crippen LogP contribution in [-0.2, 0) is 17.8 Å². The lowest BCUT2D eigenvalue weighted by Gasteiger charge is -2.42. The number of aromatic nitrogens is 2. The van der Waals surface area contributed by atoms with Gasteiger partial charge in [0.15, 0.2) is 0 Å². The molecule has 0 aliphatic carbocycles. The van der Waals surface area contributed by atoms with Crippen LogP contribution in [0.25, 0.3) is 0 Å². The number of aryl methyl sites for hydroxylation is 1. The first-order chi connectivity index (χ1) is 12.7. The zero-order chi connectivity index (χ0) is 18.1. The van der Waals surface area contributed by atoms with Gasteiger partial charge in [-0.2, -0.15) is 0 Å². The minimum absolute atomic E-state index is 0. The van der Waals surface area contributed by atoms with Crippen molar-refractivity contribution in [3.05, 3.63) is 50.3 Å². The molecule has 4 rings (SSSR count). The summed E-state index contributed by atoms with van der Waals surface area (Å²) >= 11 is 1.64. The van der Waals surface area contributed by atoms with Gasteiger partial charge in [-0.15, -0.1) is 23.7 Å². The average molecular weight is 409 g/mol. The van der Waals surface area contributed by atoms with Gasteiger partial charge in [-0.05, 0) is 25.3 Å². The molecule has 2 N–H and O–H groups in total. The second-order valence-electron chi connectivity index (χ2n) is 7.16. The smallest absolute Gasteiger partial charge is 0.251 e. The molecule has 2 bridgehead atoms. The highest BCUT2D eigenvalue weighted by atomic mass is 35.5. The highest BCUT2D eigenvalue weighted by Gasteiger charge is 2.41. The molecule has 2 aromatic heterocycles. The third kappa shape index (κ3) is 3.95. The molecule has 0 saturated carbocycles. The van der Waals surface area contributed by atoms with Gasteiger partial charge >= 0.3 is 0 Å². The van der Waals surface area contributed by atoms with Crippen molar-refractivity contribution in [3.63, 3.8) is 0 Å². The normalized spacial score (nSPS) is 23.2. The van der Waals surface area contributed by atoms with Crippen LogP contribution >= 0.6 is 23.7 Å². The number of fused-ring (bicyclic) bond motifs is 4. The van der Waals surface area contributed by atoms with Gasteiger partial charge in [-0.25, -0.2) is 4.98 Å². The van der Waals surface area contributed by atoms with Gasteiger partial charge in [0.25, 0.3) is 5.56 Å². The van der Waals surface area contributed by atoms with Crippen LogP contribution in [-0.4, -0.2) is 28.5 Å². The van der Waals surface area contributed by atoms with Crippen LogP contribution in [0.3, 0.4) is 0 Å². The zero-order valence-electron chi connectivity index (χ0n) is 15.3. The number of carbonyl (C=O) groups excluding carboxylic acids is 1. The average Bonchev–Trinajstić information content (AvgIpc) is 3.09. The summed E-state index contributed by atoms with van der Waals surface area (Å²) in [6.45, 7) is 4.18. The van der Waals surface area contributed by atoms with E-state index in [9.17, 15) is 9.59 Å². The topological polar surface area (TPSA) is 76.0 Å². The van der Waals surface area contributed by atoms with Gasteiger partial charge in [0.2, 0.25) is 5.91 Å². The number of nitrogens with zero attached hydrogens (tertiary/aromatic N) is 2. The van der Waals surface area contributed by atoms with Crippen molar-refractivity contribution in [1.29, 1.82) is 0 Å². The molecule has 2 aromatic rings. The summed E-state index contributed by atoms with van der Waals surface area (Å²) in [5.74, 6) is 0.367.